The normalized spacial score (nSPS) is 10.5. The minimum absolute atomic E-state index is 0.272. The third kappa shape index (κ3) is 4.45. The molecule has 1 aromatic carbocycles. The summed E-state index contributed by atoms with van der Waals surface area (Å²) in [5.41, 5.74) is 1.35. The van der Waals surface area contributed by atoms with Gasteiger partial charge in [-0.15, -0.1) is 0 Å². The molecular formula is C17H20N4O3. The summed E-state index contributed by atoms with van der Waals surface area (Å²) in [6.07, 6.45) is 6.24. The molecule has 0 atom stereocenters. The van der Waals surface area contributed by atoms with Crippen LogP contribution in [0.2, 0.25) is 0 Å². The molecule has 0 radical (unpaired) electrons. The van der Waals surface area contributed by atoms with Crippen LogP contribution in [0.5, 0.6) is 11.5 Å². The number of carbonyl (C=O) groups excluding carboxylic acids is 1. The summed E-state index contributed by atoms with van der Waals surface area (Å²) in [5.74, 6) is 1.55. The number of rotatable bonds is 6. The summed E-state index contributed by atoms with van der Waals surface area (Å²) in [5, 5.41) is 2.70. The Labute approximate surface area is 140 Å². The number of nitrogens with one attached hydrogen (secondary N) is 1. The molecule has 2 rings (SSSR count). The Morgan fingerprint density at radius 2 is 1.79 bits per heavy atom. The van der Waals surface area contributed by atoms with E-state index in [4.69, 9.17) is 9.47 Å². The van der Waals surface area contributed by atoms with Crippen molar-refractivity contribution in [3.8, 4) is 11.5 Å². The van der Waals surface area contributed by atoms with E-state index < -0.39 is 0 Å². The highest BCUT2D eigenvalue weighted by atomic mass is 16.5. The summed E-state index contributed by atoms with van der Waals surface area (Å²) >= 11 is 0. The molecule has 0 saturated carbocycles. The molecule has 0 spiro atoms. The molecule has 0 unspecified atom stereocenters. The van der Waals surface area contributed by atoms with E-state index in [0.717, 1.165) is 5.56 Å². The summed E-state index contributed by atoms with van der Waals surface area (Å²) in [6.45, 7) is 0. The van der Waals surface area contributed by atoms with Crippen LogP contribution in [-0.2, 0) is 4.79 Å². The average molecular weight is 328 g/mol. The van der Waals surface area contributed by atoms with Crippen molar-refractivity contribution in [1.82, 2.24) is 9.97 Å². The number of methoxy groups -OCH3 is 2. The van der Waals surface area contributed by atoms with E-state index in [1.165, 1.54) is 6.08 Å². The summed E-state index contributed by atoms with van der Waals surface area (Å²) in [6, 6.07) is 5.40. The number of ether oxygens (including phenoxy) is 2. The van der Waals surface area contributed by atoms with Crippen LogP contribution in [0.25, 0.3) is 6.08 Å². The second-order valence-corrected chi connectivity index (χ2v) is 5.10. The van der Waals surface area contributed by atoms with E-state index in [1.807, 2.05) is 20.2 Å². The van der Waals surface area contributed by atoms with Gasteiger partial charge in [-0.1, -0.05) is 6.07 Å². The Balaban J connectivity index is 2.02. The Kier molecular flexibility index (Phi) is 5.73. The number of benzene rings is 1. The minimum atomic E-state index is -0.272. The van der Waals surface area contributed by atoms with E-state index in [9.17, 15) is 4.79 Å². The maximum atomic E-state index is 12.0. The van der Waals surface area contributed by atoms with Crippen molar-refractivity contribution < 1.29 is 14.3 Å². The number of aromatic nitrogens is 2. The third-order valence-electron chi connectivity index (χ3n) is 3.14. The molecule has 126 valence electrons. The maximum Gasteiger partial charge on any atom is 0.248 e. The number of hydrogen-bond donors (Lipinski definition) is 1. The lowest BCUT2D eigenvalue weighted by molar-refractivity contribution is -0.111. The molecule has 1 heterocycles. The molecule has 2 aromatic rings. The molecule has 0 aliphatic carbocycles. The average Bonchev–Trinajstić information content (AvgIpc) is 2.60. The number of carbonyl (C=O) groups is 1. The van der Waals surface area contributed by atoms with Crippen LogP contribution in [0.1, 0.15) is 5.56 Å². The van der Waals surface area contributed by atoms with Gasteiger partial charge in [-0.25, -0.2) is 9.97 Å². The fourth-order valence-electron chi connectivity index (χ4n) is 1.93. The van der Waals surface area contributed by atoms with E-state index >= 15 is 0 Å². The van der Waals surface area contributed by atoms with Crippen LogP contribution in [0.4, 0.5) is 11.6 Å². The molecule has 24 heavy (non-hydrogen) atoms. The number of amides is 1. The Morgan fingerprint density at radius 1 is 1.12 bits per heavy atom. The summed E-state index contributed by atoms with van der Waals surface area (Å²) < 4.78 is 10.4. The smallest absolute Gasteiger partial charge is 0.248 e. The molecule has 0 bridgehead atoms. The first-order valence-corrected chi connectivity index (χ1v) is 7.24. The molecular weight excluding hydrogens is 308 g/mol. The van der Waals surface area contributed by atoms with E-state index in [2.05, 4.69) is 15.3 Å². The zero-order valence-corrected chi connectivity index (χ0v) is 14.1. The van der Waals surface area contributed by atoms with Gasteiger partial charge in [0.15, 0.2) is 11.5 Å². The van der Waals surface area contributed by atoms with Crippen molar-refractivity contribution in [3.05, 3.63) is 42.2 Å². The van der Waals surface area contributed by atoms with Crippen molar-refractivity contribution in [3.63, 3.8) is 0 Å². The zero-order valence-electron chi connectivity index (χ0n) is 14.1. The molecule has 0 saturated heterocycles. The molecule has 1 amide bonds. The standard InChI is InChI=1S/C17H20N4O3/c1-21(2)17-18-10-13(11-19-17)20-16(22)8-6-12-5-7-14(23-3)15(9-12)24-4/h5-11H,1-4H3,(H,20,22)/b8-6+. The van der Waals surface area contributed by atoms with Gasteiger partial charge in [0, 0.05) is 20.2 Å². The number of hydrogen-bond acceptors (Lipinski definition) is 6. The van der Waals surface area contributed by atoms with E-state index in [0.29, 0.717) is 23.1 Å². The fourth-order valence-corrected chi connectivity index (χ4v) is 1.93. The van der Waals surface area contributed by atoms with Crippen molar-refractivity contribution in [2.75, 3.05) is 38.5 Å². The van der Waals surface area contributed by atoms with Crippen molar-refractivity contribution in [1.29, 1.82) is 0 Å². The van der Waals surface area contributed by atoms with Crippen LogP contribution in [0, 0.1) is 0 Å². The third-order valence-corrected chi connectivity index (χ3v) is 3.14. The first-order valence-electron chi connectivity index (χ1n) is 7.24. The lowest BCUT2D eigenvalue weighted by atomic mass is 10.2. The lowest BCUT2D eigenvalue weighted by Gasteiger charge is -2.09. The molecule has 0 aliphatic rings. The van der Waals surface area contributed by atoms with Crippen LogP contribution in [0.15, 0.2) is 36.7 Å². The SMILES string of the molecule is COc1ccc(/C=C/C(=O)Nc2cnc(N(C)C)nc2)cc1OC. The highest BCUT2D eigenvalue weighted by molar-refractivity contribution is 6.01. The fraction of sp³-hybridized carbons (Fsp3) is 0.235. The van der Waals surface area contributed by atoms with Gasteiger partial charge < -0.3 is 19.7 Å². The monoisotopic (exact) mass is 328 g/mol. The maximum absolute atomic E-state index is 12.0. The first-order chi connectivity index (χ1) is 11.5. The largest absolute Gasteiger partial charge is 0.493 e. The highest BCUT2D eigenvalue weighted by Crippen LogP contribution is 2.27. The minimum Gasteiger partial charge on any atom is -0.493 e. The number of nitrogens with zero attached hydrogens (tertiary/aromatic N) is 3. The van der Waals surface area contributed by atoms with Crippen molar-refractivity contribution in [2.24, 2.45) is 0 Å². The molecule has 7 heteroatoms. The second-order valence-electron chi connectivity index (χ2n) is 5.10. The van der Waals surface area contributed by atoms with E-state index in [1.54, 1.807) is 49.7 Å². The van der Waals surface area contributed by atoms with Crippen molar-refractivity contribution >= 4 is 23.6 Å². The summed E-state index contributed by atoms with van der Waals surface area (Å²) in [4.78, 5) is 22.0. The van der Waals surface area contributed by atoms with Gasteiger partial charge in [-0.2, -0.15) is 0 Å². The van der Waals surface area contributed by atoms with Gasteiger partial charge in [0.05, 0.1) is 32.3 Å². The van der Waals surface area contributed by atoms with Gasteiger partial charge in [-0.05, 0) is 23.8 Å². The zero-order chi connectivity index (χ0) is 17.5. The van der Waals surface area contributed by atoms with Gasteiger partial charge in [0.25, 0.3) is 0 Å². The quantitative estimate of drug-likeness (QED) is 0.819. The second kappa shape index (κ2) is 7.96. The predicted molar refractivity (Wildman–Crippen MR) is 93.6 cm³/mol. The Bertz CT molecular complexity index is 727. The highest BCUT2D eigenvalue weighted by Gasteiger charge is 2.04. The topological polar surface area (TPSA) is 76.6 Å². The van der Waals surface area contributed by atoms with Gasteiger partial charge >= 0.3 is 0 Å². The van der Waals surface area contributed by atoms with Crippen LogP contribution >= 0.6 is 0 Å². The van der Waals surface area contributed by atoms with Crippen molar-refractivity contribution in [2.45, 2.75) is 0 Å². The van der Waals surface area contributed by atoms with Gasteiger partial charge in [0.1, 0.15) is 0 Å². The first kappa shape index (κ1) is 17.3. The Hall–Kier alpha value is -3.09. The molecule has 0 aliphatic heterocycles. The summed E-state index contributed by atoms with van der Waals surface area (Å²) in [7, 11) is 6.83. The Morgan fingerprint density at radius 3 is 2.38 bits per heavy atom. The van der Waals surface area contributed by atoms with Gasteiger partial charge in [0.2, 0.25) is 11.9 Å². The number of anilines is 2. The molecule has 0 fully saturated rings. The lowest BCUT2D eigenvalue weighted by Crippen LogP contribution is -2.13. The van der Waals surface area contributed by atoms with Crippen LogP contribution < -0.4 is 19.7 Å². The van der Waals surface area contributed by atoms with Crippen LogP contribution in [-0.4, -0.2) is 44.2 Å². The molecule has 1 N–H and O–H groups in total. The molecule has 7 nitrogen and oxygen atoms in total. The van der Waals surface area contributed by atoms with Gasteiger partial charge in [-0.3, -0.25) is 4.79 Å². The van der Waals surface area contributed by atoms with E-state index in [-0.39, 0.29) is 5.91 Å². The van der Waals surface area contributed by atoms with Crippen LogP contribution in [0.3, 0.4) is 0 Å². The predicted octanol–water partition coefficient (Wildman–Crippen LogP) is 2.21. The molecule has 1 aromatic heterocycles.